The summed E-state index contributed by atoms with van der Waals surface area (Å²) >= 11 is 1.72. The van der Waals surface area contributed by atoms with Gasteiger partial charge in [0.05, 0.1) is 11.6 Å². The average Bonchev–Trinajstić information content (AvgIpc) is 3.40. The first-order valence-electron chi connectivity index (χ1n) is 9.43. The Bertz CT molecular complexity index is 1230. The van der Waals surface area contributed by atoms with Gasteiger partial charge in [-0.15, -0.1) is 16.9 Å². The van der Waals surface area contributed by atoms with E-state index in [2.05, 4.69) is 51.0 Å². The lowest BCUT2D eigenvalue weighted by Gasteiger charge is -2.13. The van der Waals surface area contributed by atoms with Crippen molar-refractivity contribution in [3.8, 4) is 5.75 Å². The maximum atomic E-state index is 5.82. The normalized spacial score (nSPS) is 13.7. The van der Waals surface area contributed by atoms with E-state index in [-0.39, 0.29) is 6.10 Å². The molecule has 0 atom stereocenters. The molecule has 146 valence electrons. The van der Waals surface area contributed by atoms with Gasteiger partial charge in [0.1, 0.15) is 11.6 Å². The van der Waals surface area contributed by atoms with Gasteiger partial charge in [0, 0.05) is 32.8 Å². The highest BCUT2D eigenvalue weighted by molar-refractivity contribution is 7.18. The number of fused-ring (bicyclic) bond motifs is 3. The molecule has 1 aliphatic rings. The second-order valence-electron chi connectivity index (χ2n) is 7.05. The van der Waals surface area contributed by atoms with Crippen LogP contribution in [0.2, 0.25) is 0 Å². The Hall–Kier alpha value is -3.20. The summed E-state index contributed by atoms with van der Waals surface area (Å²) < 4.78 is 7.03. The van der Waals surface area contributed by atoms with Crippen LogP contribution in [0.1, 0.15) is 19.4 Å². The predicted octanol–water partition coefficient (Wildman–Crippen LogP) is 3.23. The molecule has 0 saturated heterocycles. The first kappa shape index (κ1) is 17.9. The summed E-state index contributed by atoms with van der Waals surface area (Å²) in [4.78, 5) is 4.93. The van der Waals surface area contributed by atoms with Crippen LogP contribution in [-0.2, 0) is 0 Å². The first-order valence-corrected chi connectivity index (χ1v) is 10.3. The molecule has 1 aliphatic heterocycles. The monoisotopic (exact) mass is 405 g/mol. The van der Waals surface area contributed by atoms with Crippen LogP contribution in [-0.4, -0.2) is 16.9 Å². The molecule has 2 aromatic carbocycles. The lowest BCUT2D eigenvalue weighted by molar-refractivity contribution is -0.713. The fraction of sp³-hybridized carbons (Fsp3) is 0.143. The summed E-state index contributed by atoms with van der Waals surface area (Å²) in [5, 5.41) is 12.1. The van der Waals surface area contributed by atoms with Gasteiger partial charge in [0.25, 0.3) is 0 Å². The van der Waals surface area contributed by atoms with E-state index < -0.39 is 0 Å². The zero-order chi connectivity index (χ0) is 19.8. The molecule has 8 heteroatoms. The summed E-state index contributed by atoms with van der Waals surface area (Å²) in [5.74, 6) is 2.45. The minimum Gasteiger partial charge on any atom is -0.491 e. The second-order valence-corrected chi connectivity index (χ2v) is 7.97. The molecule has 5 N–H and O–H groups in total. The van der Waals surface area contributed by atoms with Crippen LogP contribution in [0.5, 0.6) is 5.75 Å². The third-order valence-electron chi connectivity index (χ3n) is 4.59. The van der Waals surface area contributed by atoms with E-state index >= 15 is 0 Å². The van der Waals surface area contributed by atoms with Crippen LogP contribution < -0.4 is 26.5 Å². The molecule has 2 aromatic heterocycles. The van der Waals surface area contributed by atoms with Crippen LogP contribution in [0, 0.1) is 0 Å². The van der Waals surface area contributed by atoms with Crippen LogP contribution in [0.3, 0.4) is 0 Å². The number of hydrazine groups is 1. The number of benzene rings is 2. The van der Waals surface area contributed by atoms with Crippen molar-refractivity contribution >= 4 is 49.7 Å². The lowest BCUT2D eigenvalue weighted by atomic mass is 10.1. The molecule has 0 amide bonds. The van der Waals surface area contributed by atoms with E-state index in [0.717, 1.165) is 44.9 Å². The van der Waals surface area contributed by atoms with E-state index in [9.17, 15) is 0 Å². The zero-order valence-electron chi connectivity index (χ0n) is 16.1. The van der Waals surface area contributed by atoms with Gasteiger partial charge in [0.2, 0.25) is 5.84 Å². The third-order valence-corrected chi connectivity index (χ3v) is 5.53. The van der Waals surface area contributed by atoms with Gasteiger partial charge >= 0.3 is 0 Å². The van der Waals surface area contributed by atoms with E-state index in [1.54, 1.807) is 16.9 Å². The topological polar surface area (TPSA) is 87.2 Å². The number of nitrogens with two attached hydrogens (primary N) is 1. The van der Waals surface area contributed by atoms with Crippen molar-refractivity contribution in [1.82, 2.24) is 15.9 Å². The SMILES string of the molecule is CC(C)Oc1cccc(Nc2nc3cc(C4=N[NH2+]NN4)ccc3c3sccc23)c1. The Morgan fingerprint density at radius 2 is 2.03 bits per heavy atom. The predicted molar refractivity (Wildman–Crippen MR) is 117 cm³/mol. The summed E-state index contributed by atoms with van der Waals surface area (Å²) in [7, 11) is 0. The lowest BCUT2D eigenvalue weighted by Crippen LogP contribution is -2.87. The maximum absolute atomic E-state index is 5.82. The van der Waals surface area contributed by atoms with Crippen molar-refractivity contribution in [3.63, 3.8) is 0 Å². The Morgan fingerprint density at radius 3 is 2.86 bits per heavy atom. The number of aromatic nitrogens is 1. The second kappa shape index (κ2) is 7.32. The van der Waals surface area contributed by atoms with Crippen molar-refractivity contribution < 1.29 is 10.3 Å². The quantitative estimate of drug-likeness (QED) is 0.383. The Kier molecular flexibility index (Phi) is 4.51. The highest BCUT2D eigenvalue weighted by Gasteiger charge is 2.15. The van der Waals surface area contributed by atoms with Gasteiger partial charge in [-0.3, -0.25) is 5.43 Å². The number of anilines is 2. The average molecular weight is 406 g/mol. The largest absolute Gasteiger partial charge is 0.491 e. The number of amidine groups is 1. The van der Waals surface area contributed by atoms with Crippen molar-refractivity contribution in [2.45, 2.75) is 20.0 Å². The summed E-state index contributed by atoms with van der Waals surface area (Å²) in [5.41, 5.74) is 10.4. The molecule has 0 bridgehead atoms. The fourth-order valence-corrected chi connectivity index (χ4v) is 4.31. The highest BCUT2D eigenvalue weighted by atomic mass is 32.1. The first-order chi connectivity index (χ1) is 14.2. The van der Waals surface area contributed by atoms with Gasteiger partial charge in [-0.25, -0.2) is 4.98 Å². The minimum absolute atomic E-state index is 0.130. The van der Waals surface area contributed by atoms with Gasteiger partial charge in [-0.1, -0.05) is 23.7 Å². The summed E-state index contributed by atoms with van der Waals surface area (Å²) in [6.07, 6.45) is 0.130. The summed E-state index contributed by atoms with van der Waals surface area (Å²) in [6.45, 7) is 4.04. The number of ether oxygens (including phenoxy) is 1. The van der Waals surface area contributed by atoms with Gasteiger partial charge < -0.3 is 10.1 Å². The molecule has 0 unspecified atom stereocenters. The standard InChI is InChI=1S/C21H20N6OS/c1-12(2)28-15-5-3-4-14(11-15)22-21-17-8-9-29-19(17)16-7-6-13(10-18(16)23-21)20-24-26-27-25-20/h3-12,26-27H,1-2H3,(H,22,23)(H,24,25)/p+1. The van der Waals surface area contributed by atoms with Crippen molar-refractivity contribution in [2.24, 2.45) is 5.10 Å². The molecule has 0 spiro atoms. The number of rotatable bonds is 5. The number of nitrogens with one attached hydrogen (secondary N) is 3. The van der Waals surface area contributed by atoms with Crippen LogP contribution in [0.4, 0.5) is 11.5 Å². The molecule has 4 aromatic rings. The van der Waals surface area contributed by atoms with Gasteiger partial charge in [0.15, 0.2) is 0 Å². The molecule has 0 aliphatic carbocycles. The number of hydrogen-bond donors (Lipinski definition) is 4. The smallest absolute Gasteiger partial charge is 0.209 e. The number of thiophene rings is 1. The van der Waals surface area contributed by atoms with Crippen LogP contribution in [0.25, 0.3) is 21.0 Å². The number of hydrogen-bond acceptors (Lipinski definition) is 7. The number of quaternary nitrogens is 1. The van der Waals surface area contributed by atoms with E-state index in [1.807, 2.05) is 38.1 Å². The molecule has 0 radical (unpaired) electrons. The van der Waals surface area contributed by atoms with Crippen molar-refractivity contribution in [3.05, 3.63) is 59.5 Å². The molecule has 0 saturated carbocycles. The Balaban J connectivity index is 1.58. The molecule has 5 rings (SSSR count). The van der Waals surface area contributed by atoms with E-state index in [4.69, 9.17) is 9.72 Å². The molecule has 7 nitrogen and oxygen atoms in total. The molecular formula is C21H21N6OS+. The Morgan fingerprint density at radius 1 is 1.10 bits per heavy atom. The highest BCUT2D eigenvalue weighted by Crippen LogP contribution is 2.35. The molecule has 3 heterocycles. The Labute approximate surface area is 171 Å². The molecule has 29 heavy (non-hydrogen) atoms. The minimum atomic E-state index is 0.130. The van der Waals surface area contributed by atoms with Gasteiger partial charge in [-0.05, 0) is 48.6 Å². The molecule has 0 fully saturated rings. The van der Waals surface area contributed by atoms with Crippen molar-refractivity contribution in [1.29, 1.82) is 0 Å². The van der Waals surface area contributed by atoms with Crippen LogP contribution >= 0.6 is 11.3 Å². The number of pyridine rings is 1. The van der Waals surface area contributed by atoms with Gasteiger partial charge in [-0.2, -0.15) is 0 Å². The van der Waals surface area contributed by atoms with Crippen LogP contribution in [0.15, 0.2) is 59.0 Å². The molecular weight excluding hydrogens is 384 g/mol. The maximum Gasteiger partial charge on any atom is 0.209 e. The van der Waals surface area contributed by atoms with E-state index in [1.165, 1.54) is 4.70 Å². The van der Waals surface area contributed by atoms with Crippen molar-refractivity contribution in [2.75, 3.05) is 5.32 Å². The number of nitrogens with zero attached hydrogens (tertiary/aromatic N) is 2. The van der Waals surface area contributed by atoms with E-state index in [0.29, 0.717) is 0 Å². The fourth-order valence-electron chi connectivity index (χ4n) is 3.38. The third kappa shape index (κ3) is 3.49. The zero-order valence-corrected chi connectivity index (χ0v) is 16.9. The summed E-state index contributed by atoms with van der Waals surface area (Å²) in [6, 6.07) is 16.3.